The highest BCUT2D eigenvalue weighted by Gasteiger charge is 2.52. The van der Waals surface area contributed by atoms with Crippen LogP contribution >= 0.6 is 0 Å². The van der Waals surface area contributed by atoms with E-state index in [2.05, 4.69) is 5.32 Å². The van der Waals surface area contributed by atoms with E-state index >= 15 is 0 Å². The van der Waals surface area contributed by atoms with Crippen LogP contribution in [0, 0.1) is 0 Å². The summed E-state index contributed by atoms with van der Waals surface area (Å²) in [6, 6.07) is 14.7. The van der Waals surface area contributed by atoms with Gasteiger partial charge in [-0.3, -0.25) is 9.59 Å². The van der Waals surface area contributed by atoms with Crippen molar-refractivity contribution in [1.29, 1.82) is 0 Å². The fourth-order valence-corrected chi connectivity index (χ4v) is 3.20. The number of nitrogens with one attached hydrogen (secondary N) is 1. The molecule has 0 saturated heterocycles. The Morgan fingerprint density at radius 2 is 1.65 bits per heavy atom. The lowest BCUT2D eigenvalue weighted by Crippen LogP contribution is -2.28. The Hall–Kier alpha value is -2.71. The highest BCUT2D eigenvalue weighted by molar-refractivity contribution is 7.89. The molecule has 3 rings (SSSR count). The number of ether oxygens (including phenoxy) is 1. The van der Waals surface area contributed by atoms with Crippen LogP contribution in [0.1, 0.15) is 18.4 Å². The van der Waals surface area contributed by atoms with Gasteiger partial charge < -0.3 is 10.1 Å². The lowest BCUT2D eigenvalue weighted by atomic mass is 9.96. The third kappa shape index (κ3) is 3.92. The second-order valence-corrected chi connectivity index (χ2v) is 7.70. The quantitative estimate of drug-likeness (QED) is 0.744. The number of carbonyl (C=O) groups excluding carboxylic acids is 2. The van der Waals surface area contributed by atoms with Gasteiger partial charge in [0.2, 0.25) is 10.0 Å². The summed E-state index contributed by atoms with van der Waals surface area (Å²) < 4.78 is 27.6. The number of nitrogens with two attached hydrogens (primary N) is 1. The van der Waals surface area contributed by atoms with Gasteiger partial charge in [0.25, 0.3) is 5.91 Å². The smallest absolute Gasteiger partial charge is 0.317 e. The number of sulfonamides is 1. The molecule has 0 heterocycles. The first-order valence-corrected chi connectivity index (χ1v) is 9.51. The predicted molar refractivity (Wildman–Crippen MR) is 94.8 cm³/mol. The van der Waals surface area contributed by atoms with Crippen molar-refractivity contribution in [3.05, 3.63) is 60.2 Å². The van der Waals surface area contributed by atoms with Crippen molar-refractivity contribution in [3.63, 3.8) is 0 Å². The van der Waals surface area contributed by atoms with Crippen LogP contribution in [0.25, 0.3) is 0 Å². The molecule has 2 aromatic rings. The summed E-state index contributed by atoms with van der Waals surface area (Å²) >= 11 is 0. The molecule has 8 heteroatoms. The number of esters is 1. The molecule has 0 atom stereocenters. The van der Waals surface area contributed by atoms with Crippen LogP contribution in [0.3, 0.4) is 0 Å². The summed E-state index contributed by atoms with van der Waals surface area (Å²) in [6.07, 6.45) is 1.40. The minimum atomic E-state index is -3.79. The number of hydrogen-bond donors (Lipinski definition) is 2. The number of hydrogen-bond acceptors (Lipinski definition) is 5. The predicted octanol–water partition coefficient (Wildman–Crippen LogP) is 1.55. The van der Waals surface area contributed by atoms with Crippen molar-refractivity contribution in [2.75, 3.05) is 11.9 Å². The molecular formula is C18H18N2O5S. The zero-order valence-electron chi connectivity index (χ0n) is 13.8. The average molecular weight is 374 g/mol. The van der Waals surface area contributed by atoms with Gasteiger partial charge in [0.05, 0.1) is 10.3 Å². The maximum absolute atomic E-state index is 12.4. The van der Waals surface area contributed by atoms with E-state index in [0.717, 1.165) is 5.56 Å². The average Bonchev–Trinajstić information content (AvgIpc) is 3.42. The lowest BCUT2D eigenvalue weighted by Gasteiger charge is -2.14. The molecule has 7 nitrogen and oxygen atoms in total. The van der Waals surface area contributed by atoms with E-state index in [1.54, 1.807) is 0 Å². The second-order valence-electron chi connectivity index (χ2n) is 6.14. The van der Waals surface area contributed by atoms with Gasteiger partial charge in [0.1, 0.15) is 0 Å². The molecule has 0 radical (unpaired) electrons. The van der Waals surface area contributed by atoms with Crippen LogP contribution in [-0.4, -0.2) is 26.9 Å². The van der Waals surface area contributed by atoms with E-state index < -0.39 is 33.9 Å². The van der Waals surface area contributed by atoms with Crippen molar-refractivity contribution >= 4 is 27.6 Å². The van der Waals surface area contributed by atoms with Gasteiger partial charge in [-0.25, -0.2) is 13.6 Å². The molecule has 1 fully saturated rings. The molecule has 3 N–H and O–H groups in total. The monoisotopic (exact) mass is 374 g/mol. The first-order valence-electron chi connectivity index (χ1n) is 7.97. The van der Waals surface area contributed by atoms with Gasteiger partial charge in [0.15, 0.2) is 6.61 Å². The molecule has 0 unspecified atom stereocenters. The zero-order valence-corrected chi connectivity index (χ0v) is 14.7. The Balaban J connectivity index is 1.55. The Morgan fingerprint density at radius 3 is 2.19 bits per heavy atom. The van der Waals surface area contributed by atoms with Gasteiger partial charge in [-0.2, -0.15) is 0 Å². The number of anilines is 1. The van der Waals surface area contributed by atoms with Gasteiger partial charge in [-0.05, 0) is 42.7 Å². The molecule has 0 aliphatic heterocycles. The minimum Gasteiger partial charge on any atom is -0.455 e. The van der Waals surface area contributed by atoms with Crippen LogP contribution in [0.2, 0.25) is 0 Å². The Bertz CT molecular complexity index is 920. The van der Waals surface area contributed by atoms with E-state index in [0.29, 0.717) is 18.5 Å². The summed E-state index contributed by atoms with van der Waals surface area (Å²) in [7, 11) is -3.79. The molecule has 136 valence electrons. The molecule has 0 aromatic heterocycles. The molecular weight excluding hydrogens is 356 g/mol. The van der Waals surface area contributed by atoms with Crippen LogP contribution in [0.5, 0.6) is 0 Å². The van der Waals surface area contributed by atoms with Crippen molar-refractivity contribution < 1.29 is 22.7 Å². The standard InChI is InChI=1S/C18H18N2O5S/c19-26(23,24)15-8-6-14(7-9-15)20-16(21)12-25-17(22)18(10-11-18)13-4-2-1-3-5-13/h1-9H,10-12H2,(H,20,21)(H2,19,23,24). The third-order valence-electron chi connectivity index (χ3n) is 4.27. The van der Waals surface area contributed by atoms with Gasteiger partial charge in [-0.1, -0.05) is 30.3 Å². The topological polar surface area (TPSA) is 116 Å². The number of rotatable bonds is 6. The highest BCUT2D eigenvalue weighted by Crippen LogP contribution is 2.49. The molecule has 1 amide bonds. The maximum Gasteiger partial charge on any atom is 0.317 e. The lowest BCUT2D eigenvalue weighted by molar-refractivity contribution is -0.150. The van der Waals surface area contributed by atoms with E-state index in [4.69, 9.17) is 9.88 Å². The summed E-state index contributed by atoms with van der Waals surface area (Å²) in [5.41, 5.74) is 0.630. The van der Waals surface area contributed by atoms with Gasteiger partial charge in [0, 0.05) is 5.69 Å². The molecule has 0 bridgehead atoms. The fraction of sp³-hybridized carbons (Fsp3) is 0.222. The molecule has 1 aliphatic carbocycles. The van der Waals surface area contributed by atoms with E-state index in [1.807, 2.05) is 30.3 Å². The van der Waals surface area contributed by atoms with Gasteiger partial charge >= 0.3 is 5.97 Å². The number of amides is 1. The molecule has 2 aromatic carbocycles. The Morgan fingerprint density at radius 1 is 1.04 bits per heavy atom. The highest BCUT2D eigenvalue weighted by atomic mass is 32.2. The SMILES string of the molecule is NS(=O)(=O)c1ccc(NC(=O)COC(=O)C2(c3ccccc3)CC2)cc1. The second kappa shape index (κ2) is 6.89. The van der Waals surface area contributed by atoms with Crippen molar-refractivity contribution in [2.45, 2.75) is 23.2 Å². The number of carbonyl (C=O) groups is 2. The normalized spacial score (nSPS) is 15.1. The Labute approximate surface area is 151 Å². The first kappa shape index (κ1) is 18.1. The van der Waals surface area contributed by atoms with E-state index in [9.17, 15) is 18.0 Å². The largest absolute Gasteiger partial charge is 0.455 e. The molecule has 0 spiro atoms. The van der Waals surface area contributed by atoms with E-state index in [1.165, 1.54) is 24.3 Å². The summed E-state index contributed by atoms with van der Waals surface area (Å²) in [6.45, 7) is -0.412. The Kier molecular flexibility index (Phi) is 4.80. The number of primary sulfonamides is 1. The minimum absolute atomic E-state index is 0.0551. The van der Waals surface area contributed by atoms with Crippen molar-refractivity contribution in [1.82, 2.24) is 0 Å². The first-order chi connectivity index (χ1) is 12.3. The molecule has 26 heavy (non-hydrogen) atoms. The molecule has 1 saturated carbocycles. The number of benzene rings is 2. The van der Waals surface area contributed by atoms with Crippen LogP contribution in [0.15, 0.2) is 59.5 Å². The van der Waals surface area contributed by atoms with Crippen LogP contribution in [-0.2, 0) is 29.8 Å². The summed E-state index contributed by atoms with van der Waals surface area (Å²) in [5.74, 6) is -0.922. The van der Waals surface area contributed by atoms with Crippen molar-refractivity contribution in [2.24, 2.45) is 5.14 Å². The van der Waals surface area contributed by atoms with E-state index in [-0.39, 0.29) is 4.90 Å². The van der Waals surface area contributed by atoms with Crippen LogP contribution < -0.4 is 10.5 Å². The fourth-order valence-electron chi connectivity index (χ4n) is 2.69. The van der Waals surface area contributed by atoms with Crippen molar-refractivity contribution in [3.8, 4) is 0 Å². The maximum atomic E-state index is 12.4. The molecule has 1 aliphatic rings. The zero-order chi connectivity index (χ0) is 18.8. The third-order valence-corrected chi connectivity index (χ3v) is 5.20. The van der Waals surface area contributed by atoms with Crippen LogP contribution in [0.4, 0.5) is 5.69 Å². The summed E-state index contributed by atoms with van der Waals surface area (Å²) in [4.78, 5) is 24.3. The van der Waals surface area contributed by atoms with Gasteiger partial charge in [-0.15, -0.1) is 0 Å². The summed E-state index contributed by atoms with van der Waals surface area (Å²) in [5, 5.41) is 7.55.